The lowest BCUT2D eigenvalue weighted by Crippen LogP contribution is -2.24. The molecule has 0 spiro atoms. The van der Waals surface area contributed by atoms with Gasteiger partial charge in [-0.1, -0.05) is 22.0 Å². The predicted octanol–water partition coefficient (Wildman–Crippen LogP) is 2.80. The molecular formula is C14H8BrF3N2O5. The third-order valence-corrected chi connectivity index (χ3v) is 3.89. The topological polar surface area (TPSA) is 133 Å². The number of benzene rings is 1. The highest BCUT2D eigenvalue weighted by atomic mass is 79.9. The molecule has 0 bridgehead atoms. The molecule has 0 unspecified atom stereocenters. The molecule has 0 saturated heterocycles. The molecule has 7 nitrogen and oxygen atoms in total. The van der Waals surface area contributed by atoms with Crippen LogP contribution in [0, 0.1) is 0 Å². The fourth-order valence-corrected chi connectivity index (χ4v) is 2.79. The first-order valence-corrected chi connectivity index (χ1v) is 7.14. The summed E-state index contributed by atoms with van der Waals surface area (Å²) >= 11 is 2.85. The number of aromatic carboxylic acids is 2. The Morgan fingerprint density at radius 2 is 1.68 bits per heavy atom. The van der Waals surface area contributed by atoms with Crippen LogP contribution in [0.4, 0.5) is 19.0 Å². The van der Waals surface area contributed by atoms with Crippen molar-refractivity contribution < 1.29 is 33.0 Å². The number of carbonyl (C=O) groups is 2. The number of aromatic amines is 1. The van der Waals surface area contributed by atoms with Crippen molar-refractivity contribution >= 4 is 33.7 Å². The summed E-state index contributed by atoms with van der Waals surface area (Å²) in [6.45, 7) is 0. The smallest absolute Gasteiger partial charge is 0.416 e. The molecule has 132 valence electrons. The molecule has 25 heavy (non-hydrogen) atoms. The van der Waals surface area contributed by atoms with Gasteiger partial charge in [-0.25, -0.2) is 9.59 Å². The fraction of sp³-hybridized carbons (Fsp3) is 0.0714. The highest BCUT2D eigenvalue weighted by Gasteiger charge is 2.32. The zero-order chi connectivity index (χ0) is 19.1. The highest BCUT2D eigenvalue weighted by Crippen LogP contribution is 2.38. The monoisotopic (exact) mass is 420 g/mol. The van der Waals surface area contributed by atoms with Gasteiger partial charge in [-0.3, -0.25) is 4.79 Å². The van der Waals surface area contributed by atoms with E-state index in [0.717, 1.165) is 6.07 Å². The SMILES string of the molecule is Nc1[nH]c(=O)c(C(=O)O)c(-c2ccc(C(F)(F)F)cc2Br)c1C(=O)O. The van der Waals surface area contributed by atoms with Crippen LogP contribution in [-0.4, -0.2) is 27.1 Å². The van der Waals surface area contributed by atoms with Crippen molar-refractivity contribution in [2.75, 3.05) is 5.73 Å². The second-order valence-corrected chi connectivity index (χ2v) is 5.65. The Balaban J connectivity index is 2.94. The summed E-state index contributed by atoms with van der Waals surface area (Å²) in [6.07, 6.45) is -4.67. The summed E-state index contributed by atoms with van der Waals surface area (Å²) in [5.41, 5.74) is 0.703. The second kappa shape index (κ2) is 6.24. The third kappa shape index (κ3) is 3.36. The van der Waals surface area contributed by atoms with E-state index in [2.05, 4.69) is 15.9 Å². The first-order chi connectivity index (χ1) is 11.4. The first-order valence-electron chi connectivity index (χ1n) is 6.34. The van der Waals surface area contributed by atoms with Gasteiger partial charge < -0.3 is 20.9 Å². The van der Waals surface area contributed by atoms with E-state index in [-0.39, 0.29) is 10.0 Å². The standard InChI is InChI=1S/C14H8BrF3N2O5/c15-6-3-4(14(16,17)18)1-2-5(6)7-8(12(22)23)10(19)20-11(21)9(7)13(24)25/h1-3H,(H,22,23)(H,24,25)(H3,19,20,21). The first kappa shape index (κ1) is 18.5. The van der Waals surface area contributed by atoms with Crippen molar-refractivity contribution in [3.63, 3.8) is 0 Å². The molecule has 1 aromatic carbocycles. The van der Waals surface area contributed by atoms with Gasteiger partial charge in [-0.05, 0) is 17.7 Å². The van der Waals surface area contributed by atoms with Crippen LogP contribution in [0.1, 0.15) is 26.3 Å². The molecule has 0 fully saturated rings. The maximum atomic E-state index is 12.8. The molecule has 0 aliphatic heterocycles. The van der Waals surface area contributed by atoms with Crippen LogP contribution in [0.5, 0.6) is 0 Å². The van der Waals surface area contributed by atoms with Crippen LogP contribution >= 0.6 is 15.9 Å². The van der Waals surface area contributed by atoms with Gasteiger partial charge in [0.05, 0.1) is 5.56 Å². The number of H-pyrrole nitrogens is 1. The molecule has 0 saturated carbocycles. The Labute approximate surface area is 145 Å². The molecule has 2 aromatic rings. The van der Waals surface area contributed by atoms with Crippen molar-refractivity contribution in [3.8, 4) is 11.1 Å². The van der Waals surface area contributed by atoms with Gasteiger partial charge >= 0.3 is 18.1 Å². The van der Waals surface area contributed by atoms with E-state index >= 15 is 0 Å². The lowest BCUT2D eigenvalue weighted by molar-refractivity contribution is -0.137. The Bertz CT molecular complexity index is 953. The minimum Gasteiger partial charge on any atom is -0.478 e. The van der Waals surface area contributed by atoms with Gasteiger partial charge in [0.15, 0.2) is 0 Å². The number of halogens is 4. The third-order valence-electron chi connectivity index (χ3n) is 3.24. The number of anilines is 1. The molecule has 0 atom stereocenters. The zero-order valence-corrected chi connectivity index (χ0v) is 13.5. The maximum Gasteiger partial charge on any atom is 0.416 e. The van der Waals surface area contributed by atoms with E-state index < -0.39 is 51.7 Å². The lowest BCUT2D eigenvalue weighted by Gasteiger charge is -2.15. The molecule has 0 aliphatic rings. The van der Waals surface area contributed by atoms with Gasteiger partial charge in [0.2, 0.25) is 0 Å². The van der Waals surface area contributed by atoms with Crippen molar-refractivity contribution in [3.05, 3.63) is 49.7 Å². The largest absolute Gasteiger partial charge is 0.478 e. The Morgan fingerprint density at radius 1 is 1.12 bits per heavy atom. The number of rotatable bonds is 3. The molecule has 1 aromatic heterocycles. The average Bonchev–Trinajstić information content (AvgIpc) is 2.44. The molecule has 0 amide bonds. The molecule has 0 aliphatic carbocycles. The van der Waals surface area contributed by atoms with Gasteiger partial charge in [0.1, 0.15) is 16.9 Å². The Morgan fingerprint density at radius 3 is 2.12 bits per heavy atom. The van der Waals surface area contributed by atoms with E-state index in [1.54, 1.807) is 0 Å². The molecule has 5 N–H and O–H groups in total. The summed E-state index contributed by atoms with van der Waals surface area (Å²) in [5.74, 6) is -4.03. The quantitative estimate of drug-likeness (QED) is 0.603. The fourth-order valence-electron chi connectivity index (χ4n) is 2.21. The van der Waals surface area contributed by atoms with Crippen molar-refractivity contribution in [2.24, 2.45) is 0 Å². The average molecular weight is 421 g/mol. The zero-order valence-electron chi connectivity index (χ0n) is 11.9. The Kier molecular flexibility index (Phi) is 4.62. The Hall–Kier alpha value is -2.82. The van der Waals surface area contributed by atoms with Crippen LogP contribution in [0.2, 0.25) is 0 Å². The predicted molar refractivity (Wildman–Crippen MR) is 83.5 cm³/mol. The number of pyridine rings is 1. The number of nitrogen functional groups attached to an aromatic ring is 1. The minimum absolute atomic E-state index is 0.236. The molecule has 0 radical (unpaired) electrons. The summed E-state index contributed by atoms with van der Waals surface area (Å²) in [6, 6.07) is 2.14. The van der Waals surface area contributed by atoms with Crippen LogP contribution in [0.3, 0.4) is 0 Å². The van der Waals surface area contributed by atoms with Crippen LogP contribution in [-0.2, 0) is 6.18 Å². The van der Waals surface area contributed by atoms with Gasteiger partial charge in [-0.2, -0.15) is 13.2 Å². The normalized spacial score (nSPS) is 11.4. The number of carboxylic acid groups (broad SMARTS) is 2. The number of hydrogen-bond donors (Lipinski definition) is 4. The number of nitrogens with one attached hydrogen (secondary N) is 1. The maximum absolute atomic E-state index is 12.8. The molecular weight excluding hydrogens is 413 g/mol. The van der Waals surface area contributed by atoms with Crippen molar-refractivity contribution in [1.82, 2.24) is 4.98 Å². The van der Waals surface area contributed by atoms with Crippen LogP contribution < -0.4 is 11.3 Å². The van der Waals surface area contributed by atoms with Gasteiger partial charge in [0.25, 0.3) is 5.56 Å². The molecule has 2 rings (SSSR count). The van der Waals surface area contributed by atoms with E-state index in [4.69, 9.17) is 5.73 Å². The number of aromatic nitrogens is 1. The van der Waals surface area contributed by atoms with Gasteiger partial charge in [0, 0.05) is 10.0 Å². The van der Waals surface area contributed by atoms with Gasteiger partial charge in [-0.15, -0.1) is 0 Å². The summed E-state index contributed by atoms with van der Waals surface area (Å²) in [5, 5.41) is 18.5. The minimum atomic E-state index is -4.67. The highest BCUT2D eigenvalue weighted by molar-refractivity contribution is 9.10. The van der Waals surface area contributed by atoms with E-state index in [9.17, 15) is 37.8 Å². The molecule has 11 heteroatoms. The molecule has 1 heterocycles. The van der Waals surface area contributed by atoms with E-state index in [0.29, 0.717) is 12.1 Å². The summed E-state index contributed by atoms with van der Waals surface area (Å²) < 4.78 is 38.0. The van der Waals surface area contributed by atoms with Crippen LogP contribution in [0.15, 0.2) is 27.5 Å². The number of carboxylic acids is 2. The summed E-state index contributed by atoms with van der Waals surface area (Å²) in [4.78, 5) is 36.6. The van der Waals surface area contributed by atoms with Crippen molar-refractivity contribution in [1.29, 1.82) is 0 Å². The van der Waals surface area contributed by atoms with Crippen molar-refractivity contribution in [2.45, 2.75) is 6.18 Å². The van der Waals surface area contributed by atoms with E-state index in [1.165, 1.54) is 0 Å². The second-order valence-electron chi connectivity index (χ2n) is 4.80. The number of hydrogen-bond acceptors (Lipinski definition) is 4. The lowest BCUT2D eigenvalue weighted by atomic mass is 9.94. The van der Waals surface area contributed by atoms with Crippen LogP contribution in [0.25, 0.3) is 11.1 Å². The summed E-state index contributed by atoms with van der Waals surface area (Å²) in [7, 11) is 0. The van der Waals surface area contributed by atoms with E-state index in [1.807, 2.05) is 4.98 Å². The number of nitrogens with two attached hydrogens (primary N) is 1. The number of alkyl halides is 3.